The van der Waals surface area contributed by atoms with Crippen LogP contribution in [-0.4, -0.2) is 5.91 Å². The van der Waals surface area contributed by atoms with Crippen molar-refractivity contribution in [3.8, 4) is 0 Å². The summed E-state index contributed by atoms with van der Waals surface area (Å²) in [7, 11) is 0. The molecule has 1 amide bonds. The Balaban J connectivity index is 2.80. The normalized spacial score (nSPS) is 10.7. The maximum Gasteiger partial charge on any atom is 0.221 e. The van der Waals surface area contributed by atoms with Gasteiger partial charge in [0.2, 0.25) is 5.91 Å². The van der Waals surface area contributed by atoms with Crippen LogP contribution >= 0.6 is 11.6 Å². The molecule has 0 aliphatic heterocycles. The molecule has 2 N–H and O–H groups in total. The second kappa shape index (κ2) is 4.82. The lowest BCUT2D eigenvalue weighted by Crippen LogP contribution is -2.07. The number of hydrogen-bond donors (Lipinski definition) is 1. The molecule has 0 heterocycles. The van der Waals surface area contributed by atoms with Crippen molar-refractivity contribution >= 4 is 23.6 Å². The van der Waals surface area contributed by atoms with Crippen LogP contribution in [0.25, 0.3) is 6.08 Å². The topological polar surface area (TPSA) is 43.1 Å². The molecule has 0 saturated carbocycles. The highest BCUT2D eigenvalue weighted by Gasteiger charge is 1.95. The van der Waals surface area contributed by atoms with Crippen molar-refractivity contribution in [1.29, 1.82) is 0 Å². The van der Waals surface area contributed by atoms with Gasteiger partial charge in [0.25, 0.3) is 0 Å². The van der Waals surface area contributed by atoms with Crippen molar-refractivity contribution in [1.82, 2.24) is 0 Å². The van der Waals surface area contributed by atoms with Crippen LogP contribution in [0, 0.1) is 6.92 Å². The number of rotatable bonds is 3. The lowest BCUT2D eigenvalue weighted by atomic mass is 10.1. The van der Waals surface area contributed by atoms with E-state index in [9.17, 15) is 4.79 Å². The van der Waals surface area contributed by atoms with Gasteiger partial charge in [-0.15, -0.1) is 0 Å². The second-order valence-corrected chi connectivity index (χ2v) is 3.51. The van der Waals surface area contributed by atoms with E-state index in [1.54, 1.807) is 6.08 Å². The van der Waals surface area contributed by atoms with Gasteiger partial charge in [-0.1, -0.05) is 29.8 Å². The van der Waals surface area contributed by atoms with E-state index in [0.29, 0.717) is 5.02 Å². The van der Waals surface area contributed by atoms with Crippen molar-refractivity contribution in [3.05, 3.63) is 40.4 Å². The van der Waals surface area contributed by atoms with Crippen LogP contribution in [0.15, 0.2) is 24.3 Å². The minimum Gasteiger partial charge on any atom is -0.369 e. The van der Waals surface area contributed by atoms with Crippen LogP contribution in [0.3, 0.4) is 0 Å². The monoisotopic (exact) mass is 209 g/mol. The fraction of sp³-hybridized carbons (Fsp3) is 0.182. The van der Waals surface area contributed by atoms with Gasteiger partial charge >= 0.3 is 0 Å². The van der Waals surface area contributed by atoms with Gasteiger partial charge in [0.1, 0.15) is 0 Å². The molecule has 1 rings (SSSR count). The molecule has 0 spiro atoms. The molecule has 0 bridgehead atoms. The molecular formula is C11H12ClNO. The van der Waals surface area contributed by atoms with Crippen molar-refractivity contribution in [2.24, 2.45) is 5.73 Å². The Labute approximate surface area is 88.4 Å². The number of nitrogens with two attached hydrogens (primary N) is 1. The lowest BCUT2D eigenvalue weighted by molar-refractivity contribution is -0.117. The standard InChI is InChI=1S/C11H12ClNO/c1-8-5-6-10(12)7-9(8)3-2-4-11(13)14/h2-3,5-7H,4H2,1H3,(H2,13,14). The minimum atomic E-state index is -0.332. The van der Waals surface area contributed by atoms with Crippen LogP contribution in [-0.2, 0) is 4.79 Å². The van der Waals surface area contributed by atoms with Gasteiger partial charge in [0, 0.05) is 11.4 Å². The summed E-state index contributed by atoms with van der Waals surface area (Å²) >= 11 is 5.83. The Morgan fingerprint density at radius 3 is 2.93 bits per heavy atom. The molecular weight excluding hydrogens is 198 g/mol. The molecule has 0 fully saturated rings. The van der Waals surface area contributed by atoms with Gasteiger partial charge in [-0.3, -0.25) is 4.79 Å². The third-order valence-corrected chi connectivity index (χ3v) is 2.09. The fourth-order valence-electron chi connectivity index (χ4n) is 1.09. The zero-order valence-corrected chi connectivity index (χ0v) is 8.71. The highest BCUT2D eigenvalue weighted by molar-refractivity contribution is 6.30. The summed E-state index contributed by atoms with van der Waals surface area (Å²) in [6.45, 7) is 1.99. The molecule has 74 valence electrons. The van der Waals surface area contributed by atoms with Gasteiger partial charge in [-0.25, -0.2) is 0 Å². The number of amides is 1. The van der Waals surface area contributed by atoms with Gasteiger partial charge in [-0.2, -0.15) is 0 Å². The first-order valence-electron chi connectivity index (χ1n) is 4.30. The molecule has 1 aromatic rings. The minimum absolute atomic E-state index is 0.256. The van der Waals surface area contributed by atoms with Crippen molar-refractivity contribution in [3.63, 3.8) is 0 Å². The molecule has 0 atom stereocenters. The Morgan fingerprint density at radius 1 is 1.57 bits per heavy atom. The number of aryl methyl sites for hydroxylation is 1. The Bertz CT molecular complexity index is 372. The Kier molecular flexibility index (Phi) is 3.72. The molecule has 0 unspecified atom stereocenters. The van der Waals surface area contributed by atoms with Crippen molar-refractivity contribution in [2.75, 3.05) is 0 Å². The van der Waals surface area contributed by atoms with E-state index in [-0.39, 0.29) is 12.3 Å². The summed E-state index contributed by atoms with van der Waals surface area (Å²) in [4.78, 5) is 10.5. The van der Waals surface area contributed by atoms with E-state index < -0.39 is 0 Å². The predicted molar refractivity (Wildman–Crippen MR) is 59.0 cm³/mol. The van der Waals surface area contributed by atoms with Gasteiger partial charge in [0.05, 0.1) is 0 Å². The SMILES string of the molecule is Cc1ccc(Cl)cc1C=CCC(N)=O. The van der Waals surface area contributed by atoms with E-state index in [1.807, 2.05) is 31.2 Å². The average Bonchev–Trinajstić information content (AvgIpc) is 2.10. The Hall–Kier alpha value is -1.28. The van der Waals surface area contributed by atoms with E-state index >= 15 is 0 Å². The zero-order valence-electron chi connectivity index (χ0n) is 7.96. The summed E-state index contributed by atoms with van der Waals surface area (Å²) in [5, 5.41) is 0.689. The van der Waals surface area contributed by atoms with E-state index in [0.717, 1.165) is 11.1 Å². The van der Waals surface area contributed by atoms with Gasteiger partial charge in [0.15, 0.2) is 0 Å². The quantitative estimate of drug-likeness (QED) is 0.817. The molecule has 0 aromatic heterocycles. The first kappa shape index (κ1) is 10.8. The van der Waals surface area contributed by atoms with E-state index in [2.05, 4.69) is 0 Å². The van der Waals surface area contributed by atoms with Crippen molar-refractivity contribution in [2.45, 2.75) is 13.3 Å². The highest BCUT2D eigenvalue weighted by Crippen LogP contribution is 2.16. The molecule has 3 heteroatoms. The summed E-state index contributed by atoms with van der Waals surface area (Å²) in [6, 6.07) is 5.63. The number of carbonyl (C=O) groups excluding carboxylic acids is 1. The number of benzene rings is 1. The molecule has 14 heavy (non-hydrogen) atoms. The van der Waals surface area contributed by atoms with E-state index in [1.165, 1.54) is 0 Å². The molecule has 0 aliphatic rings. The number of carbonyl (C=O) groups is 1. The van der Waals surface area contributed by atoms with Crippen LogP contribution in [0.5, 0.6) is 0 Å². The van der Waals surface area contributed by atoms with Gasteiger partial charge in [-0.05, 0) is 30.2 Å². The summed E-state index contributed by atoms with van der Waals surface area (Å²) in [6.07, 6.45) is 3.85. The molecule has 0 aliphatic carbocycles. The highest BCUT2D eigenvalue weighted by atomic mass is 35.5. The Morgan fingerprint density at radius 2 is 2.29 bits per heavy atom. The zero-order chi connectivity index (χ0) is 10.6. The maximum absolute atomic E-state index is 10.5. The third kappa shape index (κ3) is 3.23. The third-order valence-electron chi connectivity index (χ3n) is 1.86. The number of primary amides is 1. The van der Waals surface area contributed by atoms with E-state index in [4.69, 9.17) is 17.3 Å². The largest absolute Gasteiger partial charge is 0.369 e. The molecule has 1 aromatic carbocycles. The second-order valence-electron chi connectivity index (χ2n) is 3.07. The lowest BCUT2D eigenvalue weighted by Gasteiger charge is -1.99. The van der Waals surface area contributed by atoms with Crippen LogP contribution in [0.1, 0.15) is 17.5 Å². The summed E-state index contributed by atoms with van der Waals surface area (Å²) in [5.41, 5.74) is 7.14. The maximum atomic E-state index is 10.5. The summed E-state index contributed by atoms with van der Waals surface area (Å²) in [5.74, 6) is -0.332. The van der Waals surface area contributed by atoms with Crippen LogP contribution in [0.4, 0.5) is 0 Å². The summed E-state index contributed by atoms with van der Waals surface area (Å²) < 4.78 is 0. The smallest absolute Gasteiger partial charge is 0.221 e. The molecule has 0 saturated heterocycles. The fourth-order valence-corrected chi connectivity index (χ4v) is 1.27. The van der Waals surface area contributed by atoms with Crippen LogP contribution < -0.4 is 5.73 Å². The first-order chi connectivity index (χ1) is 6.59. The van der Waals surface area contributed by atoms with Crippen molar-refractivity contribution < 1.29 is 4.79 Å². The first-order valence-corrected chi connectivity index (χ1v) is 4.68. The number of hydrogen-bond acceptors (Lipinski definition) is 1. The van der Waals surface area contributed by atoms with Crippen LogP contribution in [0.2, 0.25) is 5.02 Å². The number of halogens is 1. The predicted octanol–water partition coefficient (Wildman–Crippen LogP) is 2.54. The van der Waals surface area contributed by atoms with Gasteiger partial charge < -0.3 is 5.73 Å². The molecule has 2 nitrogen and oxygen atoms in total. The molecule has 0 radical (unpaired) electrons. The average molecular weight is 210 g/mol.